The van der Waals surface area contributed by atoms with Crippen LogP contribution in [0, 0.1) is 0 Å². The number of thiophene rings is 1. The normalized spacial score (nSPS) is 9.55. The molecule has 0 aliphatic heterocycles. The van der Waals surface area contributed by atoms with Gasteiger partial charge >= 0.3 is 0 Å². The molecule has 0 unspecified atom stereocenters. The van der Waals surface area contributed by atoms with E-state index < -0.39 is 11.7 Å². The van der Waals surface area contributed by atoms with Crippen molar-refractivity contribution >= 4 is 39.0 Å². The monoisotopic (exact) mass is 233 g/mol. The standard InChI is InChI=1S/C6H4BrNO2S/c7-4-2-1-3(11-4)5(9)6(8)10/h1-2H,(H2,8,10). The number of rotatable bonds is 2. The van der Waals surface area contributed by atoms with E-state index in [1.807, 2.05) is 0 Å². The summed E-state index contributed by atoms with van der Waals surface area (Å²) in [4.78, 5) is 21.6. The second-order valence-electron chi connectivity index (χ2n) is 1.80. The summed E-state index contributed by atoms with van der Waals surface area (Å²) in [5.74, 6) is -1.56. The molecule has 0 aliphatic rings. The largest absolute Gasteiger partial charge is 0.363 e. The Labute approximate surface area is 75.3 Å². The van der Waals surface area contributed by atoms with Crippen LogP contribution in [0.1, 0.15) is 9.67 Å². The molecule has 1 heterocycles. The number of hydrogen-bond acceptors (Lipinski definition) is 3. The minimum atomic E-state index is -0.917. The summed E-state index contributed by atoms with van der Waals surface area (Å²) >= 11 is 4.35. The second kappa shape index (κ2) is 3.15. The van der Waals surface area contributed by atoms with Gasteiger partial charge in [-0.25, -0.2) is 0 Å². The van der Waals surface area contributed by atoms with Crippen molar-refractivity contribution < 1.29 is 9.59 Å². The van der Waals surface area contributed by atoms with Crippen LogP contribution in [-0.2, 0) is 4.79 Å². The van der Waals surface area contributed by atoms with Crippen LogP contribution < -0.4 is 5.73 Å². The lowest BCUT2D eigenvalue weighted by Gasteiger charge is -1.86. The van der Waals surface area contributed by atoms with Crippen molar-refractivity contribution in [3.63, 3.8) is 0 Å². The summed E-state index contributed by atoms with van der Waals surface area (Å²) in [6, 6.07) is 3.25. The molecule has 0 saturated heterocycles. The van der Waals surface area contributed by atoms with E-state index in [9.17, 15) is 9.59 Å². The minimum absolute atomic E-state index is 0.365. The Bertz CT molecular complexity index is 307. The molecule has 3 nitrogen and oxygen atoms in total. The molecule has 58 valence electrons. The number of Topliss-reactive ketones (excluding diaryl/α,β-unsaturated/α-hetero) is 1. The van der Waals surface area contributed by atoms with Gasteiger partial charge in [-0.1, -0.05) is 0 Å². The van der Waals surface area contributed by atoms with Crippen molar-refractivity contribution in [2.45, 2.75) is 0 Å². The quantitative estimate of drug-likeness (QED) is 0.616. The number of halogens is 1. The molecule has 0 atom stereocenters. The van der Waals surface area contributed by atoms with Crippen molar-refractivity contribution in [1.82, 2.24) is 0 Å². The third kappa shape index (κ3) is 1.87. The predicted molar refractivity (Wildman–Crippen MR) is 45.5 cm³/mol. The molecular weight excluding hydrogens is 230 g/mol. The molecule has 0 bridgehead atoms. The highest BCUT2D eigenvalue weighted by atomic mass is 79.9. The first-order valence-corrected chi connectivity index (χ1v) is 4.31. The summed E-state index contributed by atoms with van der Waals surface area (Å²) < 4.78 is 0.808. The summed E-state index contributed by atoms with van der Waals surface area (Å²) in [5, 5.41) is 0. The van der Waals surface area contributed by atoms with E-state index in [0.717, 1.165) is 3.79 Å². The van der Waals surface area contributed by atoms with E-state index in [1.165, 1.54) is 11.3 Å². The van der Waals surface area contributed by atoms with E-state index in [1.54, 1.807) is 12.1 Å². The highest BCUT2D eigenvalue weighted by molar-refractivity contribution is 9.11. The number of amides is 1. The van der Waals surface area contributed by atoms with Gasteiger partial charge in [-0.3, -0.25) is 9.59 Å². The second-order valence-corrected chi connectivity index (χ2v) is 4.26. The van der Waals surface area contributed by atoms with Crippen molar-refractivity contribution in [2.24, 2.45) is 5.73 Å². The summed E-state index contributed by atoms with van der Waals surface area (Å²) in [7, 11) is 0. The highest BCUT2D eigenvalue weighted by Gasteiger charge is 2.13. The van der Waals surface area contributed by atoms with E-state index in [2.05, 4.69) is 15.9 Å². The van der Waals surface area contributed by atoms with Gasteiger partial charge in [0.2, 0.25) is 0 Å². The SMILES string of the molecule is NC(=O)C(=O)c1ccc(Br)s1. The van der Waals surface area contributed by atoms with Crippen LogP contribution in [0.4, 0.5) is 0 Å². The Kier molecular flexibility index (Phi) is 2.41. The summed E-state index contributed by atoms with van der Waals surface area (Å²) in [6.07, 6.45) is 0. The molecule has 1 aromatic heterocycles. The summed E-state index contributed by atoms with van der Waals surface area (Å²) in [6.45, 7) is 0. The zero-order chi connectivity index (χ0) is 8.43. The Hall–Kier alpha value is -0.680. The molecule has 0 saturated carbocycles. The van der Waals surface area contributed by atoms with Gasteiger partial charge in [-0.15, -0.1) is 11.3 Å². The van der Waals surface area contributed by atoms with E-state index in [4.69, 9.17) is 5.73 Å². The highest BCUT2D eigenvalue weighted by Crippen LogP contribution is 2.22. The molecule has 0 aromatic carbocycles. The van der Waals surface area contributed by atoms with Crippen LogP contribution in [0.25, 0.3) is 0 Å². The third-order valence-electron chi connectivity index (χ3n) is 1.02. The average Bonchev–Trinajstić information content (AvgIpc) is 2.34. The Morgan fingerprint density at radius 3 is 2.45 bits per heavy atom. The first-order valence-electron chi connectivity index (χ1n) is 2.70. The topological polar surface area (TPSA) is 60.2 Å². The Balaban J connectivity index is 2.94. The fourth-order valence-electron chi connectivity index (χ4n) is 0.558. The lowest BCUT2D eigenvalue weighted by Crippen LogP contribution is -2.21. The smallest absolute Gasteiger partial charge is 0.290 e. The number of carbonyl (C=O) groups is 2. The van der Waals surface area contributed by atoms with Crippen LogP contribution in [0.3, 0.4) is 0 Å². The van der Waals surface area contributed by atoms with Gasteiger partial charge in [-0.05, 0) is 28.1 Å². The predicted octanol–water partition coefficient (Wildman–Crippen LogP) is 1.18. The van der Waals surface area contributed by atoms with Gasteiger partial charge in [0.15, 0.2) is 0 Å². The molecule has 0 fully saturated rings. The molecule has 11 heavy (non-hydrogen) atoms. The third-order valence-corrected chi connectivity index (χ3v) is 2.64. The maximum atomic E-state index is 10.9. The molecular formula is C6H4BrNO2S. The molecule has 1 aromatic rings. The summed E-state index contributed by atoms with van der Waals surface area (Å²) in [5.41, 5.74) is 4.78. The van der Waals surface area contributed by atoms with E-state index in [-0.39, 0.29) is 0 Å². The maximum Gasteiger partial charge on any atom is 0.290 e. The van der Waals surface area contributed by atoms with Crippen LogP contribution >= 0.6 is 27.3 Å². The lowest BCUT2D eigenvalue weighted by atomic mass is 10.3. The molecule has 2 N–H and O–H groups in total. The number of carbonyl (C=O) groups excluding carboxylic acids is 2. The van der Waals surface area contributed by atoms with Gasteiger partial charge in [-0.2, -0.15) is 0 Å². The number of ketones is 1. The molecule has 1 rings (SSSR count). The van der Waals surface area contributed by atoms with Gasteiger partial charge in [0.05, 0.1) is 8.66 Å². The first kappa shape index (κ1) is 8.42. The molecule has 1 amide bonds. The number of primary amides is 1. The fraction of sp³-hybridized carbons (Fsp3) is 0. The van der Waals surface area contributed by atoms with Crippen LogP contribution in [0.5, 0.6) is 0 Å². The van der Waals surface area contributed by atoms with Crippen molar-refractivity contribution in [3.8, 4) is 0 Å². The van der Waals surface area contributed by atoms with Crippen LogP contribution in [0.2, 0.25) is 0 Å². The van der Waals surface area contributed by atoms with Gasteiger partial charge in [0.25, 0.3) is 11.7 Å². The van der Waals surface area contributed by atoms with Crippen molar-refractivity contribution in [1.29, 1.82) is 0 Å². The first-order chi connectivity index (χ1) is 5.11. The van der Waals surface area contributed by atoms with Crippen LogP contribution in [-0.4, -0.2) is 11.7 Å². The fourth-order valence-corrected chi connectivity index (χ4v) is 1.89. The molecule has 0 radical (unpaired) electrons. The zero-order valence-corrected chi connectivity index (χ0v) is 7.74. The zero-order valence-electron chi connectivity index (χ0n) is 5.33. The maximum absolute atomic E-state index is 10.9. The molecule has 0 spiro atoms. The van der Waals surface area contributed by atoms with Crippen molar-refractivity contribution in [3.05, 3.63) is 20.8 Å². The molecule has 0 aliphatic carbocycles. The van der Waals surface area contributed by atoms with E-state index >= 15 is 0 Å². The van der Waals surface area contributed by atoms with Crippen molar-refractivity contribution in [2.75, 3.05) is 0 Å². The lowest BCUT2D eigenvalue weighted by molar-refractivity contribution is -0.114. The average molecular weight is 234 g/mol. The molecule has 5 heteroatoms. The Morgan fingerprint density at radius 1 is 1.45 bits per heavy atom. The van der Waals surface area contributed by atoms with Crippen LogP contribution in [0.15, 0.2) is 15.9 Å². The number of hydrogen-bond donors (Lipinski definition) is 1. The van der Waals surface area contributed by atoms with Gasteiger partial charge < -0.3 is 5.73 Å². The number of nitrogens with two attached hydrogens (primary N) is 1. The van der Waals surface area contributed by atoms with E-state index in [0.29, 0.717) is 4.88 Å². The van der Waals surface area contributed by atoms with Gasteiger partial charge in [0, 0.05) is 0 Å². The minimum Gasteiger partial charge on any atom is -0.363 e. The Morgan fingerprint density at radius 2 is 2.09 bits per heavy atom. The van der Waals surface area contributed by atoms with Gasteiger partial charge in [0.1, 0.15) is 0 Å².